The van der Waals surface area contributed by atoms with Crippen LogP contribution in [0.4, 0.5) is 4.79 Å². The number of ketones is 1. The summed E-state index contributed by atoms with van der Waals surface area (Å²) in [5.41, 5.74) is 2.75. The summed E-state index contributed by atoms with van der Waals surface area (Å²) in [5, 5.41) is 5.12. The van der Waals surface area contributed by atoms with Gasteiger partial charge in [-0.2, -0.15) is 0 Å². The van der Waals surface area contributed by atoms with E-state index in [2.05, 4.69) is 16.7 Å². The number of nitrogens with one attached hydrogen (secondary N) is 2. The number of fused-ring (bicyclic) bond motifs is 3. The van der Waals surface area contributed by atoms with Gasteiger partial charge < -0.3 is 5.32 Å². The molecule has 108 valence electrons. The van der Waals surface area contributed by atoms with Crippen LogP contribution in [0.25, 0.3) is 0 Å². The summed E-state index contributed by atoms with van der Waals surface area (Å²) in [5.74, 6) is -0.152. The summed E-state index contributed by atoms with van der Waals surface area (Å²) in [4.78, 5) is 36.0. The highest BCUT2D eigenvalue weighted by molar-refractivity contribution is 6.08. The van der Waals surface area contributed by atoms with Gasteiger partial charge in [0.15, 0.2) is 5.78 Å². The molecule has 5 heteroatoms. The lowest BCUT2D eigenvalue weighted by Crippen LogP contribution is -2.46. The predicted molar refractivity (Wildman–Crippen MR) is 75.0 cm³/mol. The quantitative estimate of drug-likeness (QED) is 0.710. The zero-order chi connectivity index (χ0) is 14.6. The van der Waals surface area contributed by atoms with Gasteiger partial charge >= 0.3 is 6.03 Å². The Morgan fingerprint density at radius 1 is 0.952 bits per heavy atom. The third-order valence-corrected chi connectivity index (χ3v) is 4.88. The number of amides is 3. The van der Waals surface area contributed by atoms with Crippen molar-refractivity contribution in [2.24, 2.45) is 0 Å². The van der Waals surface area contributed by atoms with Crippen molar-refractivity contribution in [3.05, 3.63) is 34.4 Å². The van der Waals surface area contributed by atoms with Crippen LogP contribution < -0.4 is 10.6 Å². The number of hydrogen-bond acceptors (Lipinski definition) is 3. The number of benzene rings is 1. The fourth-order valence-corrected chi connectivity index (χ4v) is 3.88. The third-order valence-electron chi connectivity index (χ3n) is 4.88. The molecule has 1 fully saturated rings. The Labute approximate surface area is 122 Å². The number of hydrogen-bond donors (Lipinski definition) is 2. The van der Waals surface area contributed by atoms with Crippen LogP contribution in [0.15, 0.2) is 12.1 Å². The molecular weight excluding hydrogens is 268 g/mol. The molecular formula is C16H16N2O3. The van der Waals surface area contributed by atoms with Crippen LogP contribution in [-0.4, -0.2) is 17.7 Å². The van der Waals surface area contributed by atoms with Gasteiger partial charge in [0.05, 0.1) is 0 Å². The molecule has 0 bridgehead atoms. The lowest BCUT2D eigenvalue weighted by atomic mass is 9.73. The number of rotatable bonds is 0. The molecule has 5 nitrogen and oxygen atoms in total. The van der Waals surface area contributed by atoms with Gasteiger partial charge in [-0.3, -0.25) is 14.9 Å². The van der Waals surface area contributed by atoms with Crippen LogP contribution in [0, 0.1) is 0 Å². The van der Waals surface area contributed by atoms with E-state index in [9.17, 15) is 14.4 Å². The summed E-state index contributed by atoms with van der Waals surface area (Å²) in [7, 11) is 0. The first-order valence-corrected chi connectivity index (χ1v) is 7.43. The Hall–Kier alpha value is -2.17. The molecule has 1 atom stereocenters. The summed E-state index contributed by atoms with van der Waals surface area (Å²) >= 11 is 0. The van der Waals surface area contributed by atoms with Gasteiger partial charge in [0.1, 0.15) is 5.54 Å². The highest BCUT2D eigenvalue weighted by Gasteiger charge is 2.50. The maximum Gasteiger partial charge on any atom is 0.322 e. The molecule has 0 unspecified atom stereocenters. The van der Waals surface area contributed by atoms with E-state index in [0.29, 0.717) is 12.8 Å². The molecule has 0 saturated carbocycles. The average Bonchev–Trinajstić information content (AvgIpc) is 2.73. The second-order valence-corrected chi connectivity index (χ2v) is 6.11. The summed E-state index contributed by atoms with van der Waals surface area (Å²) in [6.45, 7) is 0. The maximum absolute atomic E-state index is 12.3. The molecule has 3 amide bonds. The van der Waals surface area contributed by atoms with Crippen LogP contribution >= 0.6 is 0 Å². The lowest BCUT2D eigenvalue weighted by Gasteiger charge is -2.34. The highest BCUT2D eigenvalue weighted by Crippen LogP contribution is 2.40. The molecule has 2 aliphatic carbocycles. The first kappa shape index (κ1) is 12.6. The Balaban J connectivity index is 1.92. The average molecular weight is 284 g/mol. The van der Waals surface area contributed by atoms with E-state index in [4.69, 9.17) is 0 Å². The van der Waals surface area contributed by atoms with Crippen LogP contribution in [-0.2, 0) is 23.2 Å². The fraction of sp³-hybridized carbons (Fsp3) is 0.438. The van der Waals surface area contributed by atoms with Crippen molar-refractivity contribution < 1.29 is 14.4 Å². The van der Waals surface area contributed by atoms with E-state index >= 15 is 0 Å². The van der Waals surface area contributed by atoms with Crippen molar-refractivity contribution in [3.8, 4) is 0 Å². The van der Waals surface area contributed by atoms with E-state index in [0.717, 1.165) is 47.9 Å². The first-order chi connectivity index (χ1) is 10.1. The smallest absolute Gasteiger partial charge is 0.319 e. The van der Waals surface area contributed by atoms with E-state index in [-0.39, 0.29) is 11.7 Å². The van der Waals surface area contributed by atoms with Crippen LogP contribution in [0.1, 0.15) is 52.7 Å². The standard InChI is InChI=1S/C16H16N2O3/c19-13-5-1-3-9-7-10-4-2-6-16(12(10)8-11(9)13)14(20)17-15(21)18-16/h7-8H,1-6H2,(H2,17,18,20,21)/t16-/m0/s1. The van der Waals surface area contributed by atoms with Gasteiger partial charge in [0, 0.05) is 12.0 Å². The lowest BCUT2D eigenvalue weighted by molar-refractivity contribution is -0.124. The van der Waals surface area contributed by atoms with Crippen LogP contribution in [0.5, 0.6) is 0 Å². The molecule has 1 heterocycles. The number of urea groups is 1. The Bertz CT molecular complexity index is 695. The largest absolute Gasteiger partial charge is 0.322 e. The van der Waals surface area contributed by atoms with Gasteiger partial charge in [-0.1, -0.05) is 6.07 Å². The van der Waals surface area contributed by atoms with Gasteiger partial charge in [-0.25, -0.2) is 4.79 Å². The molecule has 4 rings (SSSR count). The second-order valence-electron chi connectivity index (χ2n) is 6.11. The van der Waals surface area contributed by atoms with E-state index < -0.39 is 11.6 Å². The second kappa shape index (κ2) is 4.16. The molecule has 1 saturated heterocycles. The topological polar surface area (TPSA) is 75.3 Å². The van der Waals surface area contributed by atoms with Crippen LogP contribution in [0.3, 0.4) is 0 Å². The Morgan fingerprint density at radius 3 is 2.52 bits per heavy atom. The van der Waals surface area contributed by atoms with Crippen molar-refractivity contribution in [1.82, 2.24) is 10.6 Å². The molecule has 1 aromatic rings. The number of Topliss-reactive ketones (excluding diaryl/α,β-unsaturated/α-hetero) is 1. The molecule has 2 N–H and O–H groups in total. The predicted octanol–water partition coefficient (Wildman–Crippen LogP) is 1.58. The molecule has 0 radical (unpaired) electrons. The first-order valence-electron chi connectivity index (χ1n) is 7.43. The number of carbonyl (C=O) groups excluding carboxylic acids is 3. The zero-order valence-corrected chi connectivity index (χ0v) is 11.6. The van der Waals surface area contributed by atoms with E-state index in [1.807, 2.05) is 6.07 Å². The van der Waals surface area contributed by atoms with Crippen LogP contribution in [0.2, 0.25) is 0 Å². The normalized spacial score (nSPS) is 27.1. The Morgan fingerprint density at radius 2 is 1.76 bits per heavy atom. The van der Waals surface area contributed by atoms with Crippen molar-refractivity contribution in [2.75, 3.05) is 0 Å². The van der Waals surface area contributed by atoms with Crippen molar-refractivity contribution in [3.63, 3.8) is 0 Å². The molecule has 0 aromatic heterocycles. The minimum Gasteiger partial charge on any atom is -0.319 e. The molecule has 1 spiro atoms. The van der Waals surface area contributed by atoms with Gasteiger partial charge in [-0.05, 0) is 54.9 Å². The minimum atomic E-state index is -0.975. The maximum atomic E-state index is 12.3. The number of carbonyl (C=O) groups is 3. The summed E-state index contributed by atoms with van der Waals surface area (Å²) < 4.78 is 0. The Kier molecular flexibility index (Phi) is 2.49. The fourth-order valence-electron chi connectivity index (χ4n) is 3.88. The van der Waals surface area contributed by atoms with Crippen molar-refractivity contribution in [2.45, 2.75) is 44.1 Å². The van der Waals surface area contributed by atoms with Crippen molar-refractivity contribution in [1.29, 1.82) is 0 Å². The monoisotopic (exact) mass is 284 g/mol. The number of aryl methyl sites for hydroxylation is 2. The third kappa shape index (κ3) is 1.66. The summed E-state index contributed by atoms with van der Waals surface area (Å²) in [6.07, 6.45) is 4.71. The molecule has 3 aliphatic rings. The van der Waals surface area contributed by atoms with Crippen molar-refractivity contribution >= 4 is 17.7 Å². The molecule has 21 heavy (non-hydrogen) atoms. The van der Waals surface area contributed by atoms with E-state index in [1.54, 1.807) is 0 Å². The van der Waals surface area contributed by atoms with E-state index in [1.165, 1.54) is 0 Å². The summed E-state index contributed by atoms with van der Waals surface area (Å²) in [6, 6.07) is 3.48. The van der Waals surface area contributed by atoms with Gasteiger partial charge in [0.25, 0.3) is 5.91 Å². The SMILES string of the molecule is O=C1NC(=O)[C@@]2(CCCc3cc4c(cc32)C(=O)CCC4)N1. The zero-order valence-electron chi connectivity index (χ0n) is 11.6. The number of imide groups is 1. The van der Waals surface area contributed by atoms with Gasteiger partial charge in [0.2, 0.25) is 0 Å². The molecule has 1 aliphatic heterocycles. The van der Waals surface area contributed by atoms with Gasteiger partial charge in [-0.15, -0.1) is 0 Å². The molecule has 1 aromatic carbocycles. The highest BCUT2D eigenvalue weighted by atomic mass is 16.2. The minimum absolute atomic E-state index is 0.143.